The Bertz CT molecular complexity index is 529. The number of hydrogen-bond acceptors (Lipinski definition) is 5. The van der Waals surface area contributed by atoms with E-state index in [0.717, 1.165) is 18.5 Å². The molecular formula is C14H19N3O2S. The highest BCUT2D eigenvalue weighted by Crippen LogP contribution is 2.32. The van der Waals surface area contributed by atoms with Gasteiger partial charge in [-0.3, -0.25) is 4.79 Å². The molecule has 1 aliphatic rings. The van der Waals surface area contributed by atoms with Gasteiger partial charge in [-0.05, 0) is 38.8 Å². The fraction of sp³-hybridized carbons (Fsp3) is 0.500. The number of nitrogens with two attached hydrogens (primary N) is 1. The number of carbonyl (C=O) groups is 1. The lowest BCUT2D eigenvalue weighted by atomic mass is 10.2. The van der Waals surface area contributed by atoms with E-state index in [2.05, 4.69) is 4.98 Å². The van der Waals surface area contributed by atoms with E-state index < -0.39 is 0 Å². The smallest absolute Gasteiger partial charge is 0.325 e. The molecule has 2 rings (SSSR count). The maximum absolute atomic E-state index is 11.8. The zero-order chi connectivity index (χ0) is 14.7. The Morgan fingerprint density at radius 1 is 1.55 bits per heavy atom. The highest BCUT2D eigenvalue weighted by atomic mass is 32.1. The second-order valence-electron chi connectivity index (χ2n) is 4.85. The molecule has 20 heavy (non-hydrogen) atoms. The van der Waals surface area contributed by atoms with E-state index in [1.54, 1.807) is 6.92 Å². The van der Waals surface area contributed by atoms with Crippen molar-refractivity contribution in [1.82, 2.24) is 4.98 Å². The normalized spacial score (nSPS) is 13.9. The fourth-order valence-corrected chi connectivity index (χ4v) is 2.22. The highest BCUT2D eigenvalue weighted by molar-refractivity contribution is 7.80. The molecule has 0 atom stereocenters. The summed E-state index contributed by atoms with van der Waals surface area (Å²) in [7, 11) is 0. The summed E-state index contributed by atoms with van der Waals surface area (Å²) >= 11 is 5.08. The molecule has 0 saturated heterocycles. The van der Waals surface area contributed by atoms with Crippen LogP contribution in [0.2, 0.25) is 0 Å². The summed E-state index contributed by atoms with van der Waals surface area (Å²) in [5.74, 6) is 0.435. The van der Waals surface area contributed by atoms with E-state index in [1.165, 1.54) is 0 Å². The fourth-order valence-electron chi connectivity index (χ4n) is 2.06. The SMILES string of the molecule is CCOC(=O)CN(c1nc(C)ccc1C(N)=S)C1CC1. The van der Waals surface area contributed by atoms with Crippen LogP contribution >= 0.6 is 12.2 Å². The van der Waals surface area contributed by atoms with Gasteiger partial charge in [-0.2, -0.15) is 0 Å². The van der Waals surface area contributed by atoms with E-state index in [1.807, 2.05) is 24.0 Å². The Hall–Kier alpha value is -1.69. The summed E-state index contributed by atoms with van der Waals surface area (Å²) in [5, 5.41) is 0. The minimum absolute atomic E-state index is 0.185. The van der Waals surface area contributed by atoms with E-state index >= 15 is 0 Å². The largest absolute Gasteiger partial charge is 0.465 e. The molecule has 2 N–H and O–H groups in total. The van der Waals surface area contributed by atoms with E-state index in [4.69, 9.17) is 22.7 Å². The van der Waals surface area contributed by atoms with Crippen LogP contribution in [0.25, 0.3) is 0 Å². The molecule has 0 unspecified atom stereocenters. The number of hydrogen-bond donors (Lipinski definition) is 1. The number of nitrogens with zero attached hydrogens (tertiary/aromatic N) is 2. The van der Waals surface area contributed by atoms with Gasteiger partial charge in [0, 0.05) is 11.7 Å². The van der Waals surface area contributed by atoms with E-state index in [-0.39, 0.29) is 12.5 Å². The van der Waals surface area contributed by atoms with Crippen LogP contribution in [0.5, 0.6) is 0 Å². The lowest BCUT2D eigenvalue weighted by molar-refractivity contribution is -0.141. The lowest BCUT2D eigenvalue weighted by Crippen LogP contribution is -2.35. The van der Waals surface area contributed by atoms with Crippen LogP contribution in [0.3, 0.4) is 0 Å². The summed E-state index contributed by atoms with van der Waals surface area (Å²) in [6, 6.07) is 4.05. The summed E-state index contributed by atoms with van der Waals surface area (Å²) in [5.41, 5.74) is 7.34. The first kappa shape index (κ1) is 14.7. The standard InChI is InChI=1S/C14H19N3O2S/c1-3-19-12(18)8-17(10-5-6-10)14-11(13(15)20)7-4-9(2)16-14/h4,7,10H,3,5-6,8H2,1-2H3,(H2,15,20). The molecule has 1 heterocycles. The predicted octanol–water partition coefficient (Wildman–Crippen LogP) is 1.56. The van der Waals surface area contributed by atoms with Crippen molar-refractivity contribution in [3.8, 4) is 0 Å². The van der Waals surface area contributed by atoms with Crippen molar-refractivity contribution in [3.05, 3.63) is 23.4 Å². The van der Waals surface area contributed by atoms with Gasteiger partial charge in [0.2, 0.25) is 0 Å². The number of pyridine rings is 1. The lowest BCUT2D eigenvalue weighted by Gasteiger charge is -2.25. The average Bonchev–Trinajstić information content (AvgIpc) is 3.20. The molecule has 1 saturated carbocycles. The summed E-state index contributed by atoms with van der Waals surface area (Å²) in [4.78, 5) is 18.5. The van der Waals surface area contributed by atoms with Crippen molar-refractivity contribution < 1.29 is 9.53 Å². The molecular weight excluding hydrogens is 274 g/mol. The van der Waals surface area contributed by atoms with Crippen LogP contribution in [0, 0.1) is 6.92 Å². The second-order valence-corrected chi connectivity index (χ2v) is 5.29. The maximum Gasteiger partial charge on any atom is 0.325 e. The summed E-state index contributed by atoms with van der Waals surface area (Å²) < 4.78 is 5.03. The van der Waals surface area contributed by atoms with Crippen molar-refractivity contribution in [2.45, 2.75) is 32.7 Å². The van der Waals surface area contributed by atoms with Crippen molar-refractivity contribution in [3.63, 3.8) is 0 Å². The van der Waals surface area contributed by atoms with Gasteiger partial charge >= 0.3 is 5.97 Å². The van der Waals surface area contributed by atoms with Gasteiger partial charge < -0.3 is 15.4 Å². The number of carbonyl (C=O) groups excluding carboxylic acids is 1. The molecule has 108 valence electrons. The third kappa shape index (κ3) is 3.45. The first-order valence-electron chi connectivity index (χ1n) is 6.72. The highest BCUT2D eigenvalue weighted by Gasteiger charge is 2.33. The Morgan fingerprint density at radius 3 is 2.80 bits per heavy atom. The van der Waals surface area contributed by atoms with Gasteiger partial charge in [-0.25, -0.2) is 4.98 Å². The summed E-state index contributed by atoms with van der Waals surface area (Å²) in [6.45, 7) is 4.26. The third-order valence-corrected chi connectivity index (χ3v) is 3.36. The second kappa shape index (κ2) is 6.17. The molecule has 1 aromatic heterocycles. The van der Waals surface area contributed by atoms with Crippen molar-refractivity contribution in [2.75, 3.05) is 18.1 Å². The predicted molar refractivity (Wildman–Crippen MR) is 81.9 cm³/mol. The number of aryl methyl sites for hydroxylation is 1. The number of rotatable bonds is 6. The molecule has 5 nitrogen and oxygen atoms in total. The number of esters is 1. The minimum Gasteiger partial charge on any atom is -0.465 e. The zero-order valence-electron chi connectivity index (χ0n) is 11.8. The molecule has 1 aromatic rings. The van der Waals surface area contributed by atoms with Crippen molar-refractivity contribution >= 4 is 29.0 Å². The van der Waals surface area contributed by atoms with Gasteiger partial charge in [-0.15, -0.1) is 0 Å². The Labute approximate surface area is 124 Å². The molecule has 1 aliphatic carbocycles. The number of anilines is 1. The molecule has 0 amide bonds. The van der Waals surface area contributed by atoms with Crippen molar-refractivity contribution in [1.29, 1.82) is 0 Å². The molecule has 1 fully saturated rings. The Kier molecular flexibility index (Phi) is 4.54. The van der Waals surface area contributed by atoms with Crippen LogP contribution in [0.4, 0.5) is 5.82 Å². The van der Waals surface area contributed by atoms with Crippen LogP contribution < -0.4 is 10.6 Å². The Balaban J connectivity index is 2.31. The third-order valence-electron chi connectivity index (χ3n) is 3.14. The van der Waals surface area contributed by atoms with Gasteiger partial charge in [0.1, 0.15) is 17.4 Å². The molecule has 0 aliphatic heterocycles. The zero-order valence-corrected chi connectivity index (χ0v) is 12.6. The maximum atomic E-state index is 11.8. The quantitative estimate of drug-likeness (QED) is 0.634. The average molecular weight is 293 g/mol. The van der Waals surface area contributed by atoms with Crippen LogP contribution in [-0.2, 0) is 9.53 Å². The minimum atomic E-state index is -0.253. The molecule has 0 radical (unpaired) electrons. The first-order valence-corrected chi connectivity index (χ1v) is 7.13. The van der Waals surface area contributed by atoms with Crippen LogP contribution in [0.1, 0.15) is 31.0 Å². The number of aromatic nitrogens is 1. The van der Waals surface area contributed by atoms with E-state index in [0.29, 0.717) is 29.0 Å². The van der Waals surface area contributed by atoms with Crippen molar-refractivity contribution in [2.24, 2.45) is 5.73 Å². The number of thiocarbonyl (C=S) groups is 1. The Morgan fingerprint density at radius 2 is 2.25 bits per heavy atom. The topological polar surface area (TPSA) is 68.5 Å². The van der Waals surface area contributed by atoms with Gasteiger partial charge in [0.15, 0.2) is 0 Å². The van der Waals surface area contributed by atoms with Gasteiger partial charge in [-0.1, -0.05) is 12.2 Å². The van der Waals surface area contributed by atoms with Crippen LogP contribution in [0.15, 0.2) is 12.1 Å². The monoisotopic (exact) mass is 293 g/mol. The van der Waals surface area contributed by atoms with Gasteiger partial charge in [0.25, 0.3) is 0 Å². The van der Waals surface area contributed by atoms with Crippen LogP contribution in [-0.4, -0.2) is 35.1 Å². The molecule has 0 spiro atoms. The first-order chi connectivity index (χ1) is 9.52. The number of ether oxygens (including phenoxy) is 1. The van der Waals surface area contributed by atoms with E-state index in [9.17, 15) is 4.79 Å². The molecule has 6 heteroatoms. The molecule has 0 aromatic carbocycles. The molecule has 0 bridgehead atoms. The summed E-state index contributed by atoms with van der Waals surface area (Å²) in [6.07, 6.45) is 2.09. The van der Waals surface area contributed by atoms with Gasteiger partial charge in [0.05, 0.1) is 12.2 Å².